The van der Waals surface area contributed by atoms with Gasteiger partial charge in [-0.1, -0.05) is 17.7 Å². The van der Waals surface area contributed by atoms with E-state index in [1.165, 1.54) is 10.5 Å². The fourth-order valence-corrected chi connectivity index (χ4v) is 2.06. The minimum absolute atomic E-state index is 0.457. The number of carbonyl (C=O) groups excluding carboxylic acids is 1. The third-order valence-corrected chi connectivity index (χ3v) is 3.15. The number of hydrogen-bond donors (Lipinski definition) is 1. The number of aliphatic carboxylic acids is 1. The Hall–Kier alpha value is -2.04. The maximum Gasteiger partial charge on any atom is 0.394 e. The van der Waals surface area contributed by atoms with Gasteiger partial charge < -0.3 is 14.9 Å². The molecule has 18 heavy (non-hydrogen) atoms. The Kier molecular flexibility index (Phi) is 3.50. The molecule has 1 aromatic carbocycles. The average Bonchev–Trinajstić information content (AvgIpc) is 2.39. The molecule has 1 N–H and O–H groups in total. The summed E-state index contributed by atoms with van der Waals surface area (Å²) in [4.78, 5) is 25.4. The number of benzene rings is 1. The first-order chi connectivity index (χ1) is 8.58. The van der Waals surface area contributed by atoms with Gasteiger partial charge in [0.1, 0.15) is 0 Å². The van der Waals surface area contributed by atoms with Gasteiger partial charge >= 0.3 is 11.9 Å². The fourth-order valence-electron chi connectivity index (χ4n) is 2.06. The van der Waals surface area contributed by atoms with Gasteiger partial charge in [0.15, 0.2) is 0 Å². The Morgan fingerprint density at radius 2 is 1.61 bits per heavy atom. The Morgan fingerprint density at radius 1 is 1.06 bits per heavy atom. The topological polar surface area (TPSA) is 60.9 Å². The molecule has 0 atom stereocenters. The lowest BCUT2D eigenvalue weighted by Crippen LogP contribution is -2.50. The molecule has 96 valence electrons. The van der Waals surface area contributed by atoms with Crippen LogP contribution in [0.3, 0.4) is 0 Å². The van der Waals surface area contributed by atoms with Crippen LogP contribution in [0.25, 0.3) is 0 Å². The second kappa shape index (κ2) is 5.08. The van der Waals surface area contributed by atoms with Crippen LogP contribution in [-0.2, 0) is 9.59 Å². The number of carboxylic acids is 1. The van der Waals surface area contributed by atoms with Crippen LogP contribution in [0.5, 0.6) is 0 Å². The van der Waals surface area contributed by atoms with Crippen molar-refractivity contribution in [3.8, 4) is 0 Å². The maximum atomic E-state index is 11.3. The first-order valence-corrected chi connectivity index (χ1v) is 5.92. The highest BCUT2D eigenvalue weighted by Gasteiger charge is 2.25. The molecule has 1 aliphatic heterocycles. The van der Waals surface area contributed by atoms with Gasteiger partial charge in [-0.2, -0.15) is 0 Å². The molecule has 5 heteroatoms. The number of amides is 1. The van der Waals surface area contributed by atoms with Gasteiger partial charge in [0, 0.05) is 31.9 Å². The van der Waals surface area contributed by atoms with Gasteiger partial charge in [-0.3, -0.25) is 4.79 Å². The minimum atomic E-state index is -1.38. The second-order valence-electron chi connectivity index (χ2n) is 4.42. The van der Waals surface area contributed by atoms with Gasteiger partial charge in [-0.15, -0.1) is 0 Å². The highest BCUT2D eigenvalue weighted by molar-refractivity contribution is 6.31. The zero-order chi connectivity index (χ0) is 13.1. The average molecular weight is 248 g/mol. The largest absolute Gasteiger partial charge is 0.474 e. The van der Waals surface area contributed by atoms with Crippen molar-refractivity contribution in [3.05, 3.63) is 29.8 Å². The molecule has 5 nitrogen and oxygen atoms in total. The van der Waals surface area contributed by atoms with Crippen LogP contribution in [-0.4, -0.2) is 48.1 Å². The van der Waals surface area contributed by atoms with Gasteiger partial charge in [-0.05, 0) is 19.1 Å². The zero-order valence-corrected chi connectivity index (χ0v) is 10.3. The summed E-state index contributed by atoms with van der Waals surface area (Å²) in [6, 6.07) is 8.18. The standard InChI is InChI=1S/C13H16N2O3/c1-10-2-4-11(5-3-10)14-6-8-15(9-7-14)12(16)13(17)18/h2-5H,6-9H2,1H3,(H,17,18). The van der Waals surface area contributed by atoms with Crippen molar-refractivity contribution in [1.29, 1.82) is 0 Å². The van der Waals surface area contributed by atoms with E-state index in [0.29, 0.717) is 26.2 Å². The van der Waals surface area contributed by atoms with Crippen molar-refractivity contribution in [2.24, 2.45) is 0 Å². The summed E-state index contributed by atoms with van der Waals surface area (Å²) < 4.78 is 0. The van der Waals surface area contributed by atoms with Gasteiger partial charge in [-0.25, -0.2) is 4.79 Å². The lowest BCUT2D eigenvalue weighted by atomic mass is 10.2. The molecular formula is C13H16N2O3. The van der Waals surface area contributed by atoms with E-state index >= 15 is 0 Å². The number of anilines is 1. The Balaban J connectivity index is 1.96. The quantitative estimate of drug-likeness (QED) is 0.744. The molecule has 1 heterocycles. The van der Waals surface area contributed by atoms with E-state index in [1.807, 2.05) is 31.2 Å². The van der Waals surface area contributed by atoms with E-state index in [-0.39, 0.29) is 0 Å². The first kappa shape index (κ1) is 12.4. The van der Waals surface area contributed by atoms with Crippen molar-refractivity contribution in [3.63, 3.8) is 0 Å². The molecule has 0 spiro atoms. The lowest BCUT2D eigenvalue weighted by Gasteiger charge is -2.35. The molecule has 0 radical (unpaired) electrons. The van der Waals surface area contributed by atoms with Crippen molar-refractivity contribution >= 4 is 17.6 Å². The molecule has 2 rings (SSSR count). The molecule has 0 aliphatic carbocycles. The first-order valence-electron chi connectivity index (χ1n) is 5.92. The van der Waals surface area contributed by atoms with E-state index < -0.39 is 11.9 Å². The molecule has 0 unspecified atom stereocenters. The van der Waals surface area contributed by atoms with Crippen LogP contribution in [0.15, 0.2) is 24.3 Å². The van der Waals surface area contributed by atoms with Crippen LogP contribution < -0.4 is 4.90 Å². The van der Waals surface area contributed by atoms with Crippen molar-refractivity contribution in [2.75, 3.05) is 31.1 Å². The summed E-state index contributed by atoms with van der Waals surface area (Å²) in [5, 5.41) is 8.64. The number of rotatable bonds is 1. The minimum Gasteiger partial charge on any atom is -0.474 e. The third-order valence-electron chi connectivity index (χ3n) is 3.15. The van der Waals surface area contributed by atoms with E-state index in [1.54, 1.807) is 0 Å². The summed E-state index contributed by atoms with van der Waals surface area (Å²) in [6.07, 6.45) is 0. The van der Waals surface area contributed by atoms with E-state index in [0.717, 1.165) is 5.69 Å². The normalized spacial score (nSPS) is 15.6. The molecular weight excluding hydrogens is 232 g/mol. The Morgan fingerprint density at radius 3 is 2.11 bits per heavy atom. The van der Waals surface area contributed by atoms with E-state index in [2.05, 4.69) is 4.90 Å². The summed E-state index contributed by atoms with van der Waals surface area (Å²) >= 11 is 0. The molecule has 0 aromatic heterocycles. The van der Waals surface area contributed by atoms with Gasteiger partial charge in [0.05, 0.1) is 0 Å². The predicted octanol–water partition coefficient (Wildman–Crippen LogP) is 0.728. The number of carbonyl (C=O) groups is 2. The number of nitrogens with zero attached hydrogens (tertiary/aromatic N) is 2. The number of hydrogen-bond acceptors (Lipinski definition) is 3. The third kappa shape index (κ3) is 2.61. The number of carboxylic acid groups (broad SMARTS) is 1. The molecule has 1 aliphatic rings. The molecule has 0 saturated carbocycles. The number of piperazine rings is 1. The zero-order valence-electron chi connectivity index (χ0n) is 10.3. The van der Waals surface area contributed by atoms with Crippen LogP contribution in [0.1, 0.15) is 5.56 Å². The van der Waals surface area contributed by atoms with Crippen molar-refractivity contribution in [1.82, 2.24) is 4.90 Å². The molecule has 1 amide bonds. The highest BCUT2D eigenvalue weighted by Crippen LogP contribution is 2.17. The lowest BCUT2D eigenvalue weighted by molar-refractivity contribution is -0.156. The Bertz CT molecular complexity index is 448. The molecule has 1 fully saturated rings. The van der Waals surface area contributed by atoms with Gasteiger partial charge in [0.2, 0.25) is 0 Å². The van der Waals surface area contributed by atoms with Crippen LogP contribution in [0.4, 0.5) is 5.69 Å². The fraction of sp³-hybridized carbons (Fsp3) is 0.385. The monoisotopic (exact) mass is 248 g/mol. The van der Waals surface area contributed by atoms with Gasteiger partial charge in [0.25, 0.3) is 0 Å². The summed E-state index contributed by atoms with van der Waals surface area (Å²) in [5.74, 6) is -2.18. The summed E-state index contributed by atoms with van der Waals surface area (Å²) in [7, 11) is 0. The number of aryl methyl sites for hydroxylation is 1. The van der Waals surface area contributed by atoms with Crippen LogP contribution in [0, 0.1) is 6.92 Å². The summed E-state index contributed by atoms with van der Waals surface area (Å²) in [5.41, 5.74) is 2.32. The molecule has 1 aromatic rings. The molecule has 1 saturated heterocycles. The molecule has 0 bridgehead atoms. The maximum absolute atomic E-state index is 11.3. The SMILES string of the molecule is Cc1ccc(N2CCN(C(=O)C(=O)O)CC2)cc1. The van der Waals surface area contributed by atoms with E-state index in [9.17, 15) is 9.59 Å². The van der Waals surface area contributed by atoms with Crippen LogP contribution in [0.2, 0.25) is 0 Å². The van der Waals surface area contributed by atoms with Crippen LogP contribution >= 0.6 is 0 Å². The highest BCUT2D eigenvalue weighted by atomic mass is 16.4. The summed E-state index contributed by atoms with van der Waals surface area (Å²) in [6.45, 7) is 4.29. The smallest absolute Gasteiger partial charge is 0.394 e. The Labute approximate surface area is 106 Å². The van der Waals surface area contributed by atoms with E-state index in [4.69, 9.17) is 5.11 Å². The predicted molar refractivity (Wildman–Crippen MR) is 67.6 cm³/mol. The van der Waals surface area contributed by atoms with Crippen molar-refractivity contribution in [2.45, 2.75) is 6.92 Å². The van der Waals surface area contributed by atoms with Crippen molar-refractivity contribution < 1.29 is 14.7 Å². The second-order valence-corrected chi connectivity index (χ2v) is 4.42.